The van der Waals surface area contributed by atoms with Crippen molar-refractivity contribution in [2.45, 2.75) is 43.0 Å². The fourth-order valence-electron chi connectivity index (χ4n) is 4.55. The predicted molar refractivity (Wildman–Crippen MR) is 119 cm³/mol. The number of nitrogens with zero attached hydrogens (tertiary/aromatic N) is 4. The summed E-state index contributed by atoms with van der Waals surface area (Å²) in [5.41, 5.74) is -0.267. The van der Waals surface area contributed by atoms with E-state index in [9.17, 15) is 36.8 Å². The number of carbonyl (C=O) groups is 1. The minimum atomic E-state index is -4.72. The molecule has 2 aliphatic rings. The first-order valence-corrected chi connectivity index (χ1v) is 12.3. The number of halogens is 3. The van der Waals surface area contributed by atoms with Crippen LogP contribution in [0.25, 0.3) is 0 Å². The van der Waals surface area contributed by atoms with E-state index in [1.807, 2.05) is 6.07 Å². The van der Waals surface area contributed by atoms with E-state index in [2.05, 4.69) is 4.98 Å². The van der Waals surface area contributed by atoms with Gasteiger partial charge in [0.25, 0.3) is 0 Å². The monoisotopic (exact) mass is 506 g/mol. The summed E-state index contributed by atoms with van der Waals surface area (Å²) >= 11 is 0. The van der Waals surface area contributed by atoms with Crippen molar-refractivity contribution in [1.29, 1.82) is 5.26 Å². The number of likely N-dealkylation sites (N-methyl/N-ethyl adjacent to an activating group) is 1. The molecule has 0 bridgehead atoms. The number of aromatic nitrogens is 1. The van der Waals surface area contributed by atoms with E-state index >= 15 is 0 Å². The minimum absolute atomic E-state index is 0.0644. The first kappa shape index (κ1) is 24.7. The zero-order valence-corrected chi connectivity index (χ0v) is 19.6. The van der Waals surface area contributed by atoms with Crippen LogP contribution in [0.1, 0.15) is 42.6 Å². The number of benzene rings is 1. The smallest absolute Gasteiger partial charge is 0.389 e. The second-order valence-electron chi connectivity index (χ2n) is 8.25. The molecule has 35 heavy (non-hydrogen) atoms. The number of hydrogen-bond donors (Lipinski definition) is 1. The molecule has 184 valence electrons. The molecule has 2 amide bonds. The van der Waals surface area contributed by atoms with Gasteiger partial charge in [0.05, 0.1) is 40.1 Å². The average Bonchev–Trinajstić information content (AvgIpc) is 3.20. The van der Waals surface area contributed by atoms with Crippen molar-refractivity contribution in [3.8, 4) is 6.07 Å². The number of hydrogen-bond acceptors (Lipinski definition) is 6. The Morgan fingerprint density at radius 3 is 2.60 bits per heavy atom. The van der Waals surface area contributed by atoms with Crippen LogP contribution in [0.15, 0.2) is 52.7 Å². The molecule has 1 aromatic carbocycles. The second-order valence-corrected chi connectivity index (χ2v) is 10.5. The van der Waals surface area contributed by atoms with Crippen LogP contribution in [0.3, 0.4) is 0 Å². The van der Waals surface area contributed by atoms with Gasteiger partial charge in [-0.05, 0) is 42.7 Å². The molecule has 0 fully saturated rings. The third-order valence-corrected chi connectivity index (χ3v) is 8.02. The lowest BCUT2D eigenvalue weighted by Crippen LogP contribution is -2.48. The summed E-state index contributed by atoms with van der Waals surface area (Å²) in [6, 6.07) is 6.36. The standard InChI is InChI=1S/C23H21F3N4O4S/c1-3-35(33,34)18-10-13(12-27)4-5-15(18)21-20-16(6-7-17(20)31)30(22(32)29(21)2)14-8-9-28-19(11-14)23(24,25)26/h4-5,8-11,17,21,31H,3,6-7H2,1-2H3. The van der Waals surface area contributed by atoms with E-state index in [1.165, 1.54) is 43.1 Å². The molecule has 0 spiro atoms. The molecule has 1 aromatic heterocycles. The lowest BCUT2D eigenvalue weighted by atomic mass is 9.92. The van der Waals surface area contributed by atoms with Gasteiger partial charge in [0.1, 0.15) is 5.69 Å². The third-order valence-electron chi connectivity index (χ3n) is 6.24. The fraction of sp³-hybridized carbons (Fsp3) is 0.348. The molecule has 1 aliphatic carbocycles. The molecule has 0 radical (unpaired) electrons. The largest absolute Gasteiger partial charge is 0.433 e. The number of sulfone groups is 1. The van der Waals surface area contributed by atoms with Gasteiger partial charge < -0.3 is 10.0 Å². The normalized spacial score (nSPS) is 20.8. The van der Waals surface area contributed by atoms with Crippen LogP contribution in [0.5, 0.6) is 0 Å². The Kier molecular flexibility index (Phi) is 6.11. The van der Waals surface area contributed by atoms with Crippen molar-refractivity contribution < 1.29 is 31.5 Å². The molecule has 2 unspecified atom stereocenters. The Morgan fingerprint density at radius 1 is 1.26 bits per heavy atom. The first-order chi connectivity index (χ1) is 16.4. The van der Waals surface area contributed by atoms with Gasteiger partial charge in [-0.2, -0.15) is 18.4 Å². The summed E-state index contributed by atoms with van der Waals surface area (Å²) in [7, 11) is -2.44. The summed E-state index contributed by atoms with van der Waals surface area (Å²) < 4.78 is 65.6. The quantitative estimate of drug-likeness (QED) is 0.675. The SMILES string of the molecule is CCS(=O)(=O)c1cc(C#N)ccc1C1C2=C(CCC2O)N(c2ccnc(C(F)(F)F)c2)C(=O)N1C. The molecular weight excluding hydrogens is 485 g/mol. The van der Waals surface area contributed by atoms with Gasteiger partial charge in [-0.3, -0.25) is 9.88 Å². The highest BCUT2D eigenvalue weighted by Crippen LogP contribution is 2.47. The van der Waals surface area contributed by atoms with E-state index in [0.717, 1.165) is 17.2 Å². The molecule has 2 heterocycles. The maximum Gasteiger partial charge on any atom is 0.433 e. The molecular formula is C23H21F3N4O4S. The van der Waals surface area contributed by atoms with Gasteiger partial charge in [0.2, 0.25) is 0 Å². The lowest BCUT2D eigenvalue weighted by Gasteiger charge is -2.42. The number of rotatable bonds is 4. The van der Waals surface area contributed by atoms with Crippen LogP contribution in [-0.2, 0) is 16.0 Å². The Morgan fingerprint density at radius 2 is 1.97 bits per heavy atom. The highest BCUT2D eigenvalue weighted by molar-refractivity contribution is 7.91. The Labute approximate surface area is 199 Å². The number of carbonyl (C=O) groups excluding carboxylic acids is 1. The van der Waals surface area contributed by atoms with Crippen molar-refractivity contribution in [1.82, 2.24) is 9.88 Å². The molecule has 12 heteroatoms. The number of aliphatic hydroxyl groups excluding tert-OH is 1. The van der Waals surface area contributed by atoms with Crippen molar-refractivity contribution in [2.24, 2.45) is 0 Å². The number of allylic oxidation sites excluding steroid dienone is 1. The second kappa shape index (κ2) is 8.66. The first-order valence-electron chi connectivity index (χ1n) is 10.7. The number of nitriles is 1. The summed E-state index contributed by atoms with van der Waals surface area (Å²) in [6.45, 7) is 1.45. The molecule has 8 nitrogen and oxygen atoms in total. The van der Waals surface area contributed by atoms with Crippen molar-refractivity contribution in [3.63, 3.8) is 0 Å². The lowest BCUT2D eigenvalue weighted by molar-refractivity contribution is -0.141. The van der Waals surface area contributed by atoms with Crippen molar-refractivity contribution in [3.05, 3.63) is 64.6 Å². The molecule has 2 aromatic rings. The highest BCUT2D eigenvalue weighted by Gasteiger charge is 2.46. The number of amides is 2. The minimum Gasteiger partial charge on any atom is -0.389 e. The Balaban J connectivity index is 1.94. The van der Waals surface area contributed by atoms with E-state index in [4.69, 9.17) is 0 Å². The molecule has 1 aliphatic heterocycles. The van der Waals surface area contributed by atoms with Crippen LogP contribution in [0.4, 0.5) is 23.7 Å². The summed E-state index contributed by atoms with van der Waals surface area (Å²) in [5.74, 6) is -0.253. The van der Waals surface area contributed by atoms with Crippen molar-refractivity contribution in [2.75, 3.05) is 17.7 Å². The predicted octanol–water partition coefficient (Wildman–Crippen LogP) is 3.79. The van der Waals surface area contributed by atoms with Crippen molar-refractivity contribution >= 4 is 21.6 Å². The fourth-order valence-corrected chi connectivity index (χ4v) is 5.71. The summed E-state index contributed by atoms with van der Waals surface area (Å²) in [5, 5.41) is 20.1. The zero-order chi connectivity index (χ0) is 25.7. The van der Waals surface area contributed by atoms with E-state index in [-0.39, 0.29) is 40.3 Å². The van der Waals surface area contributed by atoms with Crippen LogP contribution >= 0.6 is 0 Å². The van der Waals surface area contributed by atoms with Gasteiger partial charge in [-0.1, -0.05) is 13.0 Å². The van der Waals surface area contributed by atoms with Crippen LogP contribution < -0.4 is 4.90 Å². The molecule has 0 saturated carbocycles. The van der Waals surface area contributed by atoms with Gasteiger partial charge >= 0.3 is 12.2 Å². The molecule has 0 saturated heterocycles. The number of aliphatic hydroxyl groups is 1. The van der Waals surface area contributed by atoms with E-state index in [0.29, 0.717) is 11.3 Å². The Hall–Kier alpha value is -3.43. The van der Waals surface area contributed by atoms with Gasteiger partial charge in [-0.15, -0.1) is 0 Å². The zero-order valence-electron chi connectivity index (χ0n) is 18.7. The van der Waals surface area contributed by atoms with Crippen LogP contribution in [0.2, 0.25) is 0 Å². The Bertz CT molecular complexity index is 1380. The van der Waals surface area contributed by atoms with Crippen LogP contribution in [0, 0.1) is 11.3 Å². The van der Waals surface area contributed by atoms with E-state index < -0.39 is 39.9 Å². The number of alkyl halides is 3. The highest BCUT2D eigenvalue weighted by atomic mass is 32.2. The third kappa shape index (κ3) is 4.15. The van der Waals surface area contributed by atoms with Gasteiger partial charge in [-0.25, -0.2) is 13.2 Å². The topological polar surface area (TPSA) is 115 Å². The van der Waals surface area contributed by atoms with Gasteiger partial charge in [0.15, 0.2) is 9.84 Å². The number of anilines is 1. The van der Waals surface area contributed by atoms with E-state index in [1.54, 1.807) is 0 Å². The number of pyridine rings is 1. The molecule has 1 N–H and O–H groups in total. The number of urea groups is 1. The maximum absolute atomic E-state index is 13.5. The summed E-state index contributed by atoms with van der Waals surface area (Å²) in [6.07, 6.45) is -4.41. The summed E-state index contributed by atoms with van der Waals surface area (Å²) in [4.78, 5) is 19.0. The average molecular weight is 507 g/mol. The molecule has 2 atom stereocenters. The van der Waals surface area contributed by atoms with Gasteiger partial charge in [0, 0.05) is 24.5 Å². The maximum atomic E-state index is 13.5. The van der Waals surface area contributed by atoms with Crippen LogP contribution in [-0.4, -0.2) is 48.3 Å². The molecule has 4 rings (SSSR count).